The van der Waals surface area contributed by atoms with Gasteiger partial charge in [-0.3, -0.25) is 9.59 Å². The molecule has 0 saturated heterocycles. The molecule has 4 heteroatoms. The van der Waals surface area contributed by atoms with E-state index in [1.165, 1.54) is 0 Å². The molecule has 0 radical (unpaired) electrons. The molecule has 166 valence electrons. The second-order valence-corrected chi connectivity index (χ2v) is 10.3. The summed E-state index contributed by atoms with van der Waals surface area (Å²) < 4.78 is 0. The molecule has 1 saturated carbocycles. The fourth-order valence-electron chi connectivity index (χ4n) is 4.62. The smallest absolute Gasteiger partial charge is 0.252 e. The second-order valence-electron chi connectivity index (χ2n) is 10.3. The van der Waals surface area contributed by atoms with Crippen molar-refractivity contribution in [1.82, 2.24) is 5.32 Å². The molecule has 1 aliphatic carbocycles. The van der Waals surface area contributed by atoms with Gasteiger partial charge in [0.2, 0.25) is 5.91 Å². The SMILES string of the molecule is Cc1ccc(C(=O)NC2(C(=O)Nc3c(C)cccc3C)CCC(C(C)(C)C)CC2)cc1. The van der Waals surface area contributed by atoms with Crippen molar-refractivity contribution < 1.29 is 9.59 Å². The van der Waals surface area contributed by atoms with Crippen molar-refractivity contribution >= 4 is 17.5 Å². The fourth-order valence-corrected chi connectivity index (χ4v) is 4.62. The molecule has 0 atom stereocenters. The normalized spacial score (nSPS) is 21.4. The summed E-state index contributed by atoms with van der Waals surface area (Å²) in [6.45, 7) is 12.8. The Morgan fingerprint density at radius 3 is 1.97 bits per heavy atom. The van der Waals surface area contributed by atoms with Crippen LogP contribution in [-0.4, -0.2) is 17.4 Å². The molecule has 0 aliphatic heterocycles. The number of aryl methyl sites for hydroxylation is 3. The third-order valence-corrected chi connectivity index (χ3v) is 6.88. The largest absolute Gasteiger partial charge is 0.338 e. The van der Waals surface area contributed by atoms with Crippen LogP contribution < -0.4 is 10.6 Å². The molecule has 0 heterocycles. The lowest BCUT2D eigenvalue weighted by Crippen LogP contribution is -2.59. The van der Waals surface area contributed by atoms with E-state index in [1.54, 1.807) is 0 Å². The van der Waals surface area contributed by atoms with E-state index in [1.807, 2.05) is 63.2 Å². The van der Waals surface area contributed by atoms with E-state index in [4.69, 9.17) is 0 Å². The molecule has 0 bridgehead atoms. The van der Waals surface area contributed by atoms with Crippen LogP contribution >= 0.6 is 0 Å². The Bertz CT molecular complexity index is 926. The summed E-state index contributed by atoms with van der Waals surface area (Å²) in [5.41, 5.74) is 3.87. The summed E-state index contributed by atoms with van der Waals surface area (Å²) in [5, 5.41) is 6.30. The maximum absolute atomic E-state index is 13.6. The minimum Gasteiger partial charge on any atom is -0.338 e. The number of amides is 2. The molecule has 2 N–H and O–H groups in total. The van der Waals surface area contributed by atoms with E-state index >= 15 is 0 Å². The van der Waals surface area contributed by atoms with Gasteiger partial charge in [-0.15, -0.1) is 0 Å². The molecular formula is C27H36N2O2. The van der Waals surface area contributed by atoms with Crippen LogP contribution in [0.3, 0.4) is 0 Å². The number of anilines is 1. The van der Waals surface area contributed by atoms with Crippen LogP contribution in [0.5, 0.6) is 0 Å². The number of para-hydroxylation sites is 1. The minimum absolute atomic E-state index is 0.113. The third-order valence-electron chi connectivity index (χ3n) is 6.88. The number of hydrogen-bond acceptors (Lipinski definition) is 2. The first-order valence-corrected chi connectivity index (χ1v) is 11.3. The van der Waals surface area contributed by atoms with Crippen molar-refractivity contribution in [3.05, 3.63) is 64.7 Å². The van der Waals surface area contributed by atoms with Crippen LogP contribution in [0, 0.1) is 32.1 Å². The first-order chi connectivity index (χ1) is 14.5. The topological polar surface area (TPSA) is 58.2 Å². The third kappa shape index (κ3) is 5.17. The van der Waals surface area contributed by atoms with Gasteiger partial charge in [-0.05, 0) is 81.0 Å². The van der Waals surface area contributed by atoms with Crippen LogP contribution in [0.15, 0.2) is 42.5 Å². The number of carbonyl (C=O) groups is 2. The molecule has 0 spiro atoms. The fraction of sp³-hybridized carbons (Fsp3) is 0.481. The number of benzene rings is 2. The molecule has 1 aliphatic rings. The van der Waals surface area contributed by atoms with Crippen molar-refractivity contribution in [3.8, 4) is 0 Å². The lowest BCUT2D eigenvalue weighted by Gasteiger charge is -2.43. The summed E-state index contributed by atoms with van der Waals surface area (Å²) in [7, 11) is 0. The first-order valence-electron chi connectivity index (χ1n) is 11.3. The van der Waals surface area contributed by atoms with Crippen LogP contribution in [0.2, 0.25) is 0 Å². The van der Waals surface area contributed by atoms with Crippen molar-refractivity contribution in [3.63, 3.8) is 0 Å². The predicted molar refractivity (Wildman–Crippen MR) is 127 cm³/mol. The summed E-state index contributed by atoms with van der Waals surface area (Å²) >= 11 is 0. The molecule has 3 rings (SSSR count). The highest BCUT2D eigenvalue weighted by Gasteiger charge is 2.45. The molecule has 2 amide bonds. The minimum atomic E-state index is -0.904. The maximum Gasteiger partial charge on any atom is 0.252 e. The zero-order valence-electron chi connectivity index (χ0n) is 19.8. The summed E-state index contributed by atoms with van der Waals surface area (Å²) in [5.74, 6) is 0.230. The van der Waals surface area contributed by atoms with Crippen LogP contribution in [0.4, 0.5) is 5.69 Å². The van der Waals surface area contributed by atoms with E-state index in [0.29, 0.717) is 24.3 Å². The zero-order chi connectivity index (χ0) is 22.8. The lowest BCUT2D eigenvalue weighted by atomic mass is 9.67. The highest BCUT2D eigenvalue weighted by molar-refractivity contribution is 6.04. The van der Waals surface area contributed by atoms with Gasteiger partial charge in [-0.2, -0.15) is 0 Å². The van der Waals surface area contributed by atoms with Gasteiger partial charge in [0.05, 0.1) is 0 Å². The molecule has 31 heavy (non-hydrogen) atoms. The quantitative estimate of drug-likeness (QED) is 0.641. The average Bonchev–Trinajstić information content (AvgIpc) is 2.70. The lowest BCUT2D eigenvalue weighted by molar-refractivity contribution is -0.124. The Morgan fingerprint density at radius 2 is 1.45 bits per heavy atom. The van der Waals surface area contributed by atoms with Gasteiger partial charge in [-0.1, -0.05) is 56.7 Å². The van der Waals surface area contributed by atoms with Crippen molar-refractivity contribution in [2.75, 3.05) is 5.32 Å². The number of carbonyl (C=O) groups excluding carboxylic acids is 2. The zero-order valence-corrected chi connectivity index (χ0v) is 19.8. The van der Waals surface area contributed by atoms with E-state index in [2.05, 4.69) is 31.4 Å². The van der Waals surface area contributed by atoms with Crippen LogP contribution in [-0.2, 0) is 4.79 Å². The maximum atomic E-state index is 13.6. The monoisotopic (exact) mass is 420 g/mol. The Morgan fingerprint density at radius 1 is 0.903 bits per heavy atom. The van der Waals surface area contributed by atoms with Gasteiger partial charge in [0, 0.05) is 11.3 Å². The molecule has 0 unspecified atom stereocenters. The Hall–Kier alpha value is -2.62. The van der Waals surface area contributed by atoms with Gasteiger partial charge >= 0.3 is 0 Å². The van der Waals surface area contributed by atoms with Gasteiger partial charge in [0.25, 0.3) is 5.91 Å². The van der Waals surface area contributed by atoms with Gasteiger partial charge < -0.3 is 10.6 Å². The van der Waals surface area contributed by atoms with Crippen molar-refractivity contribution in [1.29, 1.82) is 0 Å². The molecule has 2 aromatic carbocycles. The van der Waals surface area contributed by atoms with Crippen molar-refractivity contribution in [2.45, 2.75) is 72.8 Å². The van der Waals surface area contributed by atoms with E-state index in [9.17, 15) is 9.59 Å². The van der Waals surface area contributed by atoms with Gasteiger partial charge in [0.15, 0.2) is 0 Å². The standard InChI is InChI=1S/C27H36N2O2/c1-18-10-12-21(13-11-18)24(30)29-27(16-14-22(15-17-27)26(4,5)6)25(31)28-23-19(2)8-7-9-20(23)3/h7-13,22H,14-17H2,1-6H3,(H,28,31)(H,29,30). The Labute approximate surface area is 186 Å². The highest BCUT2D eigenvalue weighted by Crippen LogP contribution is 2.42. The molecule has 2 aromatic rings. The van der Waals surface area contributed by atoms with Crippen molar-refractivity contribution in [2.24, 2.45) is 11.3 Å². The second kappa shape index (κ2) is 8.86. The highest BCUT2D eigenvalue weighted by atomic mass is 16.2. The number of nitrogens with one attached hydrogen (secondary N) is 2. The number of rotatable bonds is 4. The van der Waals surface area contributed by atoms with Crippen LogP contribution in [0.25, 0.3) is 0 Å². The molecule has 4 nitrogen and oxygen atoms in total. The average molecular weight is 421 g/mol. The van der Waals surface area contributed by atoms with E-state index in [0.717, 1.165) is 35.2 Å². The molecular weight excluding hydrogens is 384 g/mol. The Kier molecular flexibility index (Phi) is 6.59. The van der Waals surface area contributed by atoms with Gasteiger partial charge in [-0.25, -0.2) is 0 Å². The van der Waals surface area contributed by atoms with Gasteiger partial charge in [0.1, 0.15) is 5.54 Å². The first kappa shape index (κ1) is 23.1. The predicted octanol–water partition coefficient (Wildman–Crippen LogP) is 5.96. The van der Waals surface area contributed by atoms with E-state index < -0.39 is 5.54 Å². The molecule has 0 aromatic heterocycles. The Balaban J connectivity index is 1.88. The van der Waals surface area contributed by atoms with E-state index in [-0.39, 0.29) is 17.2 Å². The summed E-state index contributed by atoms with van der Waals surface area (Å²) in [6, 6.07) is 13.5. The summed E-state index contributed by atoms with van der Waals surface area (Å²) in [6.07, 6.45) is 3.11. The molecule has 1 fully saturated rings. The van der Waals surface area contributed by atoms with Crippen LogP contribution in [0.1, 0.15) is 73.5 Å². The number of hydrogen-bond donors (Lipinski definition) is 2. The summed E-state index contributed by atoms with van der Waals surface area (Å²) in [4.78, 5) is 26.8.